The molecule has 0 N–H and O–H groups in total. The fraction of sp³-hybridized carbons (Fsp3) is 0.827. The van der Waals surface area contributed by atoms with Gasteiger partial charge < -0.3 is 14.5 Å². The van der Waals surface area contributed by atoms with Crippen molar-refractivity contribution in [1.82, 2.24) is 9.80 Å². The number of nitrogens with zero attached hydrogens (tertiary/aromatic N) is 2. The number of rotatable bonds is 7. The molecule has 9 rings (SSSR count). The van der Waals surface area contributed by atoms with Crippen LogP contribution < -0.4 is 0 Å². The van der Waals surface area contributed by atoms with Crippen LogP contribution in [0.5, 0.6) is 0 Å². The fourth-order valence-electron chi connectivity index (χ4n) is 17.0. The molecule has 326 valence electrons. The van der Waals surface area contributed by atoms with E-state index in [-0.39, 0.29) is 56.6 Å². The topological polar surface area (TPSA) is 84.0 Å². The van der Waals surface area contributed by atoms with E-state index < -0.39 is 0 Å². The Balaban J connectivity index is 0.00000157. The quantitative estimate of drug-likeness (QED) is 0.255. The predicted octanol–water partition coefficient (Wildman–Crippen LogP) is 10.3. The molecule has 8 fully saturated rings. The smallest absolute Gasteiger partial charge is 0.373 e. The molecule has 1 heterocycles. The summed E-state index contributed by atoms with van der Waals surface area (Å²) in [4.78, 5) is 50.2. The number of hydrogen-bond donors (Lipinski definition) is 0. The first-order chi connectivity index (χ1) is 27.9. The van der Waals surface area contributed by atoms with Crippen LogP contribution in [0.4, 0.5) is 0 Å². The average Bonchev–Trinajstić information content (AvgIpc) is 3.82. The van der Waals surface area contributed by atoms with Gasteiger partial charge in [0.25, 0.3) is 0 Å². The Morgan fingerprint density at radius 3 is 2.02 bits per heavy atom. The number of amides is 1. The summed E-state index contributed by atoms with van der Waals surface area (Å²) in [5.74, 6) is 4.26. The number of likely N-dealkylation sites (N-methyl/N-ethyl adjacent to an activating group) is 1. The highest BCUT2D eigenvalue weighted by molar-refractivity contribution is 5.84. The third-order valence-corrected chi connectivity index (χ3v) is 21.2. The van der Waals surface area contributed by atoms with Crippen molar-refractivity contribution in [3.63, 3.8) is 0 Å². The highest BCUT2D eigenvalue weighted by atomic mass is 16.5. The van der Waals surface area contributed by atoms with Gasteiger partial charge in [0.05, 0.1) is 11.3 Å². The number of benzene rings is 1. The van der Waals surface area contributed by atoms with E-state index in [1.54, 1.807) is 0 Å². The van der Waals surface area contributed by atoms with E-state index in [1.807, 2.05) is 0 Å². The number of esters is 1. The van der Waals surface area contributed by atoms with Gasteiger partial charge in [0.1, 0.15) is 6.10 Å². The zero-order chi connectivity index (χ0) is 42.4. The largest absolute Gasteiger partial charge is 0.462 e. The molecule has 7 saturated carbocycles. The second-order valence-electron chi connectivity index (χ2n) is 23.7. The lowest BCUT2D eigenvalue weighted by atomic mass is 9.32. The van der Waals surface area contributed by atoms with Gasteiger partial charge in [0, 0.05) is 31.6 Å². The minimum absolute atomic E-state index is 0.00578. The number of carbonyl (C=O) groups excluding carboxylic acids is 4. The Morgan fingerprint density at radius 2 is 1.39 bits per heavy atom. The van der Waals surface area contributed by atoms with Crippen LogP contribution in [0.3, 0.4) is 0 Å². The third kappa shape index (κ3) is 6.57. The van der Waals surface area contributed by atoms with Crippen molar-refractivity contribution in [3.8, 4) is 0 Å². The van der Waals surface area contributed by atoms with Gasteiger partial charge in [-0.15, -0.1) is 0 Å². The van der Waals surface area contributed by atoms with E-state index in [9.17, 15) is 4.79 Å². The highest BCUT2D eigenvalue weighted by Gasteiger charge is 2.74. The first kappa shape index (κ1) is 43.2. The average molecular weight is 811 g/mol. The van der Waals surface area contributed by atoms with E-state index >= 15 is 4.79 Å². The van der Waals surface area contributed by atoms with E-state index in [0.29, 0.717) is 46.8 Å². The molecule has 1 aliphatic heterocycles. The molecule has 59 heavy (non-hydrogen) atoms. The van der Waals surface area contributed by atoms with Crippen LogP contribution in [0.25, 0.3) is 0 Å². The molecule has 7 aliphatic carbocycles. The Labute approximate surface area is 356 Å². The molecule has 0 aromatic heterocycles. The molecule has 8 aliphatic rings. The van der Waals surface area contributed by atoms with Gasteiger partial charge in [-0.3, -0.25) is 9.59 Å². The minimum Gasteiger partial charge on any atom is -0.462 e. The van der Waals surface area contributed by atoms with Crippen LogP contribution in [-0.4, -0.2) is 66.7 Å². The molecule has 0 bridgehead atoms. The van der Waals surface area contributed by atoms with Crippen LogP contribution in [0.2, 0.25) is 0 Å². The maximum Gasteiger partial charge on any atom is 0.373 e. The Kier molecular flexibility index (Phi) is 11.0. The number of fused-ring (bicyclic) bond motifs is 7. The summed E-state index contributed by atoms with van der Waals surface area (Å²) >= 11 is 0. The SMILES string of the molecule is CCN1CCN(C(=O)[C@]23CC[C@@H](C4(C)CC4)[C@@H]2[C@H]2CC[C@@H]4[C@@]5(C)CC[C@H](OC(=O)[C@H]6C[C@@H](Cc7ccccc7)C6(C)C)C(C)(C)[C@@H]5CC[C@@]4(C)[C@]2(C)CC3)CC1.O=C=O. The van der Waals surface area contributed by atoms with Gasteiger partial charge in [0.2, 0.25) is 5.91 Å². The van der Waals surface area contributed by atoms with Gasteiger partial charge >= 0.3 is 12.1 Å². The summed E-state index contributed by atoms with van der Waals surface area (Å²) in [5, 5.41) is 0. The standard InChI is InChI=1S/C51H78N2O3.CO2/c1-10-52-28-30-53(31-29-52)44(55)51-23-18-36(47(6)24-25-47)42(51)37-16-17-40-48(7)21-20-41(46(4,5)39(48)19-22-50(40,9)49(37,8)26-27-51)56-43(54)38-33-35(45(38,2)3)32-34-14-12-11-13-15-34;2-1-3/h11-15,35-42H,10,16-33H2,1-9H3;/t35-,36-,37-,38-,39+,40-,41+,42-,48+,49-,50-,51+;/m1./s1. The number of hydrogen-bond acceptors (Lipinski definition) is 6. The molecular formula is C52H78N2O5. The van der Waals surface area contributed by atoms with Gasteiger partial charge in [0.15, 0.2) is 0 Å². The third-order valence-electron chi connectivity index (χ3n) is 21.2. The minimum atomic E-state index is -0.139. The van der Waals surface area contributed by atoms with Gasteiger partial charge in [-0.1, -0.05) is 92.6 Å². The molecule has 0 unspecified atom stereocenters. The maximum atomic E-state index is 15.1. The zero-order valence-electron chi connectivity index (χ0n) is 38.4. The Hall–Kier alpha value is -2.50. The normalized spacial score (nSPS) is 43.8. The zero-order valence-corrected chi connectivity index (χ0v) is 38.4. The predicted molar refractivity (Wildman–Crippen MR) is 231 cm³/mol. The summed E-state index contributed by atoms with van der Waals surface area (Å²) in [5.41, 5.74) is 2.36. The van der Waals surface area contributed by atoms with Crippen LogP contribution in [-0.2, 0) is 30.3 Å². The van der Waals surface area contributed by atoms with Crippen LogP contribution in [0.15, 0.2) is 30.3 Å². The molecular weight excluding hydrogens is 733 g/mol. The Morgan fingerprint density at radius 1 is 0.712 bits per heavy atom. The molecule has 1 aromatic rings. The summed E-state index contributed by atoms with van der Waals surface area (Å²) < 4.78 is 6.72. The van der Waals surface area contributed by atoms with Gasteiger partial charge in [-0.2, -0.15) is 9.59 Å². The van der Waals surface area contributed by atoms with Crippen molar-refractivity contribution in [1.29, 1.82) is 0 Å². The summed E-state index contributed by atoms with van der Waals surface area (Å²) in [6.07, 6.45) is 17.0. The summed E-state index contributed by atoms with van der Waals surface area (Å²) in [6.45, 7) is 27.6. The van der Waals surface area contributed by atoms with Crippen molar-refractivity contribution in [3.05, 3.63) is 35.9 Å². The van der Waals surface area contributed by atoms with Crippen LogP contribution in [0, 0.1) is 79.3 Å². The molecule has 7 nitrogen and oxygen atoms in total. The molecule has 12 atom stereocenters. The van der Waals surface area contributed by atoms with Crippen molar-refractivity contribution < 1.29 is 23.9 Å². The highest BCUT2D eigenvalue weighted by Crippen LogP contribution is 2.79. The second-order valence-corrected chi connectivity index (χ2v) is 23.7. The van der Waals surface area contributed by atoms with Crippen molar-refractivity contribution in [2.45, 2.75) is 158 Å². The van der Waals surface area contributed by atoms with Crippen molar-refractivity contribution in [2.75, 3.05) is 32.7 Å². The van der Waals surface area contributed by atoms with Crippen LogP contribution >= 0.6 is 0 Å². The van der Waals surface area contributed by atoms with Crippen molar-refractivity contribution >= 4 is 18.0 Å². The molecule has 0 radical (unpaired) electrons. The van der Waals surface area contributed by atoms with E-state index in [2.05, 4.69) is 102 Å². The first-order valence-electron chi connectivity index (χ1n) is 24.1. The number of carbonyl (C=O) groups is 2. The molecule has 1 amide bonds. The molecule has 1 aromatic carbocycles. The van der Waals surface area contributed by atoms with Crippen LogP contribution in [0.1, 0.15) is 151 Å². The molecule has 0 spiro atoms. The van der Waals surface area contributed by atoms with Crippen molar-refractivity contribution in [2.24, 2.45) is 79.3 Å². The molecule has 7 heteroatoms. The second kappa shape index (κ2) is 15.1. The summed E-state index contributed by atoms with van der Waals surface area (Å²) in [7, 11) is 0. The Bertz CT molecular complexity index is 1770. The summed E-state index contributed by atoms with van der Waals surface area (Å²) in [6, 6.07) is 10.8. The first-order valence-corrected chi connectivity index (χ1v) is 24.1. The van der Waals surface area contributed by atoms with E-state index in [1.165, 1.54) is 63.4 Å². The maximum absolute atomic E-state index is 15.1. The van der Waals surface area contributed by atoms with E-state index in [0.717, 1.165) is 64.8 Å². The lowest BCUT2D eigenvalue weighted by Crippen LogP contribution is -2.68. The molecule has 1 saturated heterocycles. The number of piperazine rings is 1. The fourth-order valence-corrected chi connectivity index (χ4v) is 17.0. The lowest BCUT2D eigenvalue weighted by molar-refractivity contribution is -0.253. The monoisotopic (exact) mass is 811 g/mol. The van der Waals surface area contributed by atoms with Gasteiger partial charge in [-0.05, 0) is 165 Å². The van der Waals surface area contributed by atoms with Gasteiger partial charge in [-0.25, -0.2) is 0 Å². The van der Waals surface area contributed by atoms with E-state index in [4.69, 9.17) is 14.3 Å². The lowest BCUT2D eigenvalue weighted by Gasteiger charge is -2.73. The number of ether oxygens (including phenoxy) is 1.